The first-order valence-corrected chi connectivity index (χ1v) is 6.53. The van der Waals surface area contributed by atoms with Crippen LogP contribution in [0.4, 0.5) is 0 Å². The molecule has 0 spiro atoms. The molecule has 5 heteroatoms. The number of carboxylic acid groups (broad SMARTS) is 1. The molecule has 21 heavy (non-hydrogen) atoms. The van der Waals surface area contributed by atoms with Gasteiger partial charge in [0, 0.05) is 22.8 Å². The van der Waals surface area contributed by atoms with Crippen LogP contribution in [-0.4, -0.2) is 25.7 Å². The van der Waals surface area contributed by atoms with Gasteiger partial charge < -0.3 is 14.8 Å². The van der Waals surface area contributed by atoms with E-state index < -0.39 is 5.97 Å². The maximum absolute atomic E-state index is 11.5. The van der Waals surface area contributed by atoms with Crippen LogP contribution in [0.15, 0.2) is 42.6 Å². The normalized spacial score (nSPS) is 10.9. The molecule has 2 heterocycles. The summed E-state index contributed by atoms with van der Waals surface area (Å²) >= 11 is 0. The van der Waals surface area contributed by atoms with Crippen molar-refractivity contribution in [2.24, 2.45) is 0 Å². The largest absolute Gasteiger partial charge is 0.508 e. The highest BCUT2D eigenvalue weighted by Crippen LogP contribution is 2.29. The minimum Gasteiger partial charge on any atom is -0.508 e. The van der Waals surface area contributed by atoms with E-state index in [1.807, 2.05) is 22.8 Å². The van der Waals surface area contributed by atoms with E-state index in [4.69, 9.17) is 0 Å². The van der Waals surface area contributed by atoms with Crippen molar-refractivity contribution < 1.29 is 15.0 Å². The Balaban J connectivity index is 2.23. The monoisotopic (exact) mass is 282 g/mol. The van der Waals surface area contributed by atoms with Gasteiger partial charge in [0.05, 0.1) is 17.8 Å². The minimum absolute atomic E-state index is 0.0555. The third-order valence-electron chi connectivity index (χ3n) is 3.57. The van der Waals surface area contributed by atoms with Gasteiger partial charge in [-0.1, -0.05) is 6.07 Å². The van der Waals surface area contributed by atoms with E-state index in [2.05, 4.69) is 4.98 Å². The van der Waals surface area contributed by atoms with Crippen LogP contribution >= 0.6 is 0 Å². The maximum Gasteiger partial charge on any atom is 0.338 e. The molecule has 3 rings (SSSR count). The Morgan fingerprint density at radius 1 is 1.29 bits per heavy atom. The number of hydrogen-bond donors (Lipinski definition) is 2. The molecule has 1 aromatic carbocycles. The Hall–Kier alpha value is -2.82. The van der Waals surface area contributed by atoms with Crippen LogP contribution in [0.2, 0.25) is 0 Å². The Labute approximate surface area is 121 Å². The topological polar surface area (TPSA) is 75.3 Å². The SMILES string of the molecule is Cc1c(C(=O)O)c2cc(O)ccc2n1Cc1ccccn1. The van der Waals surface area contributed by atoms with E-state index in [1.165, 1.54) is 6.07 Å². The lowest BCUT2D eigenvalue weighted by Gasteiger charge is -2.07. The number of fused-ring (bicyclic) bond motifs is 1. The number of carbonyl (C=O) groups is 1. The second-order valence-corrected chi connectivity index (χ2v) is 4.87. The zero-order chi connectivity index (χ0) is 15.0. The van der Waals surface area contributed by atoms with Gasteiger partial charge in [-0.15, -0.1) is 0 Å². The summed E-state index contributed by atoms with van der Waals surface area (Å²) in [4.78, 5) is 15.8. The first kappa shape index (κ1) is 13.2. The van der Waals surface area contributed by atoms with Gasteiger partial charge >= 0.3 is 5.97 Å². The molecular weight excluding hydrogens is 268 g/mol. The molecule has 5 nitrogen and oxygen atoms in total. The standard InChI is InChI=1S/C16H14N2O3/c1-10-15(16(20)21)13-8-12(19)5-6-14(13)18(10)9-11-4-2-3-7-17-11/h2-8,19H,9H2,1H3,(H,20,21). The highest BCUT2D eigenvalue weighted by Gasteiger charge is 2.19. The molecular formula is C16H14N2O3. The average molecular weight is 282 g/mol. The molecule has 0 atom stereocenters. The van der Waals surface area contributed by atoms with Gasteiger partial charge in [0.25, 0.3) is 0 Å². The van der Waals surface area contributed by atoms with Gasteiger partial charge in [0.1, 0.15) is 5.75 Å². The number of aromatic nitrogens is 2. The molecule has 106 valence electrons. The second-order valence-electron chi connectivity index (χ2n) is 4.87. The van der Waals surface area contributed by atoms with E-state index in [1.54, 1.807) is 25.3 Å². The lowest BCUT2D eigenvalue weighted by Crippen LogP contribution is -2.05. The molecule has 0 radical (unpaired) electrons. The maximum atomic E-state index is 11.5. The second kappa shape index (κ2) is 4.94. The number of aromatic carboxylic acids is 1. The molecule has 0 aliphatic carbocycles. The van der Waals surface area contributed by atoms with E-state index in [-0.39, 0.29) is 11.3 Å². The quantitative estimate of drug-likeness (QED) is 0.774. The van der Waals surface area contributed by atoms with Gasteiger partial charge in [0.15, 0.2) is 0 Å². The number of phenolic OH excluding ortho intramolecular Hbond substituents is 1. The number of benzene rings is 1. The first-order valence-electron chi connectivity index (χ1n) is 6.53. The molecule has 0 unspecified atom stereocenters. The van der Waals surface area contributed by atoms with Crippen molar-refractivity contribution in [1.82, 2.24) is 9.55 Å². The molecule has 0 aliphatic rings. The minimum atomic E-state index is -0.997. The van der Waals surface area contributed by atoms with Gasteiger partial charge in [-0.3, -0.25) is 4.98 Å². The van der Waals surface area contributed by atoms with E-state index >= 15 is 0 Å². The first-order chi connectivity index (χ1) is 10.1. The number of nitrogens with zero attached hydrogens (tertiary/aromatic N) is 2. The molecule has 0 bridgehead atoms. The fourth-order valence-electron chi connectivity index (χ4n) is 2.60. The molecule has 0 saturated carbocycles. The summed E-state index contributed by atoms with van der Waals surface area (Å²) in [5, 5.41) is 19.6. The third kappa shape index (κ3) is 2.23. The predicted octanol–water partition coefficient (Wildman–Crippen LogP) is 2.80. The number of pyridine rings is 1. The van der Waals surface area contributed by atoms with Crippen LogP contribution in [0, 0.1) is 6.92 Å². The van der Waals surface area contributed by atoms with Crippen molar-refractivity contribution in [1.29, 1.82) is 0 Å². The lowest BCUT2D eigenvalue weighted by atomic mass is 10.1. The van der Waals surface area contributed by atoms with Crippen LogP contribution in [0.3, 0.4) is 0 Å². The van der Waals surface area contributed by atoms with Crippen molar-refractivity contribution >= 4 is 16.9 Å². The number of aromatic hydroxyl groups is 1. The van der Waals surface area contributed by atoms with Gasteiger partial charge in [-0.2, -0.15) is 0 Å². The zero-order valence-electron chi connectivity index (χ0n) is 11.4. The summed E-state index contributed by atoms with van der Waals surface area (Å²) in [6, 6.07) is 10.4. The molecule has 0 fully saturated rings. The smallest absolute Gasteiger partial charge is 0.338 e. The van der Waals surface area contributed by atoms with Crippen LogP contribution in [0.5, 0.6) is 5.75 Å². The van der Waals surface area contributed by atoms with Crippen molar-refractivity contribution in [3.63, 3.8) is 0 Å². The summed E-state index contributed by atoms with van der Waals surface area (Å²) in [6.45, 7) is 2.25. The summed E-state index contributed by atoms with van der Waals surface area (Å²) in [5.74, 6) is -0.942. The summed E-state index contributed by atoms with van der Waals surface area (Å²) < 4.78 is 1.90. The predicted molar refractivity (Wildman–Crippen MR) is 78.6 cm³/mol. The van der Waals surface area contributed by atoms with Gasteiger partial charge in [0.2, 0.25) is 0 Å². The number of rotatable bonds is 3. The summed E-state index contributed by atoms with van der Waals surface area (Å²) in [7, 11) is 0. The third-order valence-corrected chi connectivity index (χ3v) is 3.57. The van der Waals surface area contributed by atoms with Crippen LogP contribution in [0.25, 0.3) is 10.9 Å². The number of phenols is 1. The molecule has 3 aromatic rings. The summed E-state index contributed by atoms with van der Waals surface area (Å²) in [5.41, 5.74) is 2.49. The Bertz CT molecular complexity index is 822. The fraction of sp³-hybridized carbons (Fsp3) is 0.125. The number of hydrogen-bond acceptors (Lipinski definition) is 3. The van der Waals surface area contributed by atoms with Gasteiger partial charge in [-0.05, 0) is 37.3 Å². The Morgan fingerprint density at radius 3 is 2.76 bits per heavy atom. The van der Waals surface area contributed by atoms with Crippen LogP contribution in [0.1, 0.15) is 21.7 Å². The van der Waals surface area contributed by atoms with Crippen molar-refractivity contribution in [2.45, 2.75) is 13.5 Å². The number of carboxylic acids is 1. The van der Waals surface area contributed by atoms with Crippen LogP contribution in [-0.2, 0) is 6.54 Å². The molecule has 2 aromatic heterocycles. The fourth-order valence-corrected chi connectivity index (χ4v) is 2.60. The van der Waals surface area contributed by atoms with Gasteiger partial charge in [-0.25, -0.2) is 4.79 Å². The van der Waals surface area contributed by atoms with Crippen molar-refractivity contribution in [3.8, 4) is 5.75 Å². The molecule has 2 N–H and O–H groups in total. The Kier molecular flexibility index (Phi) is 3.10. The molecule has 0 saturated heterocycles. The highest BCUT2D eigenvalue weighted by atomic mass is 16.4. The van der Waals surface area contributed by atoms with E-state index in [0.29, 0.717) is 17.6 Å². The average Bonchev–Trinajstić information content (AvgIpc) is 2.72. The molecule has 0 aliphatic heterocycles. The van der Waals surface area contributed by atoms with Crippen molar-refractivity contribution in [2.75, 3.05) is 0 Å². The zero-order valence-corrected chi connectivity index (χ0v) is 11.4. The van der Waals surface area contributed by atoms with Crippen LogP contribution < -0.4 is 0 Å². The van der Waals surface area contributed by atoms with Crippen molar-refractivity contribution in [3.05, 3.63) is 59.5 Å². The lowest BCUT2D eigenvalue weighted by molar-refractivity contribution is 0.0698. The highest BCUT2D eigenvalue weighted by molar-refractivity contribution is 6.05. The summed E-state index contributed by atoms with van der Waals surface area (Å²) in [6.07, 6.45) is 1.71. The van der Waals surface area contributed by atoms with E-state index in [9.17, 15) is 15.0 Å². The molecule has 0 amide bonds. The Morgan fingerprint density at radius 2 is 2.10 bits per heavy atom. The van der Waals surface area contributed by atoms with E-state index in [0.717, 1.165) is 11.2 Å².